The summed E-state index contributed by atoms with van der Waals surface area (Å²) in [7, 11) is 11.8. The second kappa shape index (κ2) is 13.5. The third kappa shape index (κ3) is 8.11. The summed E-state index contributed by atoms with van der Waals surface area (Å²) in [4.78, 5) is 4.81. The predicted molar refractivity (Wildman–Crippen MR) is 167 cm³/mol. The van der Waals surface area contributed by atoms with Gasteiger partial charge in [-0.1, -0.05) is 35.4 Å². The summed E-state index contributed by atoms with van der Waals surface area (Å²) >= 11 is -1.73. The van der Waals surface area contributed by atoms with Gasteiger partial charge in [-0.2, -0.15) is 6.67 Å². The Morgan fingerprint density at radius 1 is 0.737 bits per heavy atom. The number of aryl methyl sites for hydroxylation is 7. The Balaban J connectivity index is 0.000000232. The topological polar surface area (TPSA) is 6.48 Å². The van der Waals surface area contributed by atoms with Crippen LogP contribution in [0.5, 0.6) is 0 Å². The summed E-state index contributed by atoms with van der Waals surface area (Å²) in [5.74, 6) is 0.533. The quantitative estimate of drug-likeness (QED) is 0.203. The van der Waals surface area contributed by atoms with Gasteiger partial charge in [-0.15, -0.1) is 0 Å². The summed E-state index contributed by atoms with van der Waals surface area (Å²) in [6, 6.07) is 15.5. The minimum atomic E-state index is -1.73. The molecule has 0 saturated carbocycles. The molecule has 0 aromatic heterocycles. The molecular weight excluding hydrogens is 596 g/mol. The van der Waals surface area contributed by atoms with E-state index in [0.717, 1.165) is 13.1 Å². The van der Waals surface area contributed by atoms with Gasteiger partial charge in [0.1, 0.15) is 0 Å². The number of nitrogens with zero attached hydrogens (tertiary/aromatic N) is 2. The molecule has 0 spiro atoms. The van der Waals surface area contributed by atoms with E-state index in [4.69, 9.17) is 19.4 Å². The fourth-order valence-corrected chi connectivity index (χ4v) is 7.29. The fourth-order valence-electron chi connectivity index (χ4n) is 5.47. The number of halogens is 2. The van der Waals surface area contributed by atoms with Crippen molar-refractivity contribution in [2.45, 2.75) is 62.3 Å². The first kappa shape index (κ1) is 30.7. The zero-order valence-electron chi connectivity index (χ0n) is 24.3. The zero-order valence-corrected chi connectivity index (χ0v) is 27.5. The molecule has 0 unspecified atom stereocenters. The van der Waals surface area contributed by atoms with Crippen molar-refractivity contribution in [1.29, 1.82) is 0 Å². The Bertz CT molecular complexity index is 1200. The van der Waals surface area contributed by atoms with Gasteiger partial charge in [0.2, 0.25) is 0 Å². The van der Waals surface area contributed by atoms with Gasteiger partial charge in [-0.25, -0.2) is 0 Å². The van der Waals surface area contributed by atoms with Crippen molar-refractivity contribution < 1.29 is 13.5 Å². The van der Waals surface area contributed by atoms with Gasteiger partial charge in [-0.05, 0) is 63.8 Å². The molecule has 4 rings (SSSR count). The molecule has 1 saturated heterocycles. The van der Waals surface area contributed by atoms with Gasteiger partial charge >= 0.3 is 106 Å². The zero-order chi connectivity index (χ0) is 28.1. The average Bonchev–Trinajstić information content (AvgIpc) is 3.23. The van der Waals surface area contributed by atoms with Crippen LogP contribution in [0, 0.1) is 67.5 Å². The second-order valence-electron chi connectivity index (χ2n) is 10.8. The molecule has 1 aliphatic rings. The van der Waals surface area contributed by atoms with Crippen LogP contribution in [0.15, 0.2) is 42.5 Å². The predicted octanol–water partition coefficient (Wildman–Crippen LogP) is 9.26. The molecule has 0 radical (unpaired) electrons. The molecule has 1 heterocycles. The minimum absolute atomic E-state index is 0.533. The molecule has 3 aromatic carbocycles. The first-order valence-corrected chi connectivity index (χ1v) is 18.7. The number of rotatable bonds is 5. The first-order chi connectivity index (χ1) is 17.8. The van der Waals surface area contributed by atoms with Crippen molar-refractivity contribution >= 4 is 35.4 Å². The van der Waals surface area contributed by atoms with Crippen molar-refractivity contribution in [3.05, 3.63) is 106 Å². The molecule has 1 aliphatic heterocycles. The van der Waals surface area contributed by atoms with Crippen LogP contribution >= 0.6 is 19.4 Å². The fraction of sp³-hybridized carbons (Fsp3) is 0.364. The number of hydrogen-bond acceptors (Lipinski definition) is 2. The monoisotopic (exact) mass is 638 g/mol. The number of hydrogen-bond donors (Lipinski definition) is 0. The van der Waals surface area contributed by atoms with Crippen LogP contribution in [0.3, 0.4) is 0 Å². The molecule has 0 atom stereocenters. The molecule has 0 aliphatic carbocycles. The van der Waals surface area contributed by atoms with Crippen LogP contribution in [0.4, 0.5) is 11.4 Å². The Morgan fingerprint density at radius 2 is 1.18 bits per heavy atom. The maximum absolute atomic E-state index is 5.91. The molecule has 38 heavy (non-hydrogen) atoms. The third-order valence-corrected chi connectivity index (χ3v) is 8.48. The summed E-state index contributed by atoms with van der Waals surface area (Å²) in [6.07, 6.45) is 2.23. The molecule has 0 amide bonds. The third-order valence-electron chi connectivity index (χ3n) is 6.65. The van der Waals surface area contributed by atoms with Crippen LogP contribution in [0.2, 0.25) is 0 Å². The Labute approximate surface area is 244 Å². The Kier molecular flexibility index (Phi) is 10.9. The van der Waals surface area contributed by atoms with Crippen LogP contribution in [0.1, 0.15) is 63.9 Å². The van der Waals surface area contributed by atoms with Crippen LogP contribution in [-0.2, 0) is 13.5 Å². The molecule has 0 N–H and O–H groups in total. The normalized spacial score (nSPS) is 13.4. The SMILES string of the molecule is Cc1cc(C)c(N2[CH-]N(c3c(C)cc(C)cc3C)CC2)c(C)c1.Cc1ccc([CH-]C(C)C)c([CH]=[Ru]([Cl])[Cl])c1. The summed E-state index contributed by atoms with van der Waals surface area (Å²) in [5.41, 5.74) is 14.5. The van der Waals surface area contributed by atoms with E-state index in [-0.39, 0.29) is 0 Å². The molecule has 2 nitrogen and oxygen atoms in total. The molecule has 208 valence electrons. The van der Waals surface area contributed by atoms with Gasteiger partial charge in [0.25, 0.3) is 0 Å². The first-order valence-electron chi connectivity index (χ1n) is 13.2. The molecule has 5 heteroatoms. The van der Waals surface area contributed by atoms with Gasteiger partial charge in [0.15, 0.2) is 0 Å². The van der Waals surface area contributed by atoms with E-state index >= 15 is 0 Å². The average molecular weight is 639 g/mol. The summed E-state index contributed by atoms with van der Waals surface area (Å²) in [6.45, 7) is 24.0. The van der Waals surface area contributed by atoms with Crippen molar-refractivity contribution in [2.24, 2.45) is 5.92 Å². The van der Waals surface area contributed by atoms with Crippen molar-refractivity contribution in [3.8, 4) is 0 Å². The Morgan fingerprint density at radius 3 is 1.58 bits per heavy atom. The van der Waals surface area contributed by atoms with Crippen molar-refractivity contribution in [2.75, 3.05) is 22.9 Å². The van der Waals surface area contributed by atoms with E-state index in [1.807, 2.05) is 4.61 Å². The van der Waals surface area contributed by atoms with Crippen molar-refractivity contribution in [1.82, 2.24) is 0 Å². The van der Waals surface area contributed by atoms with Gasteiger partial charge in [0.05, 0.1) is 0 Å². The van der Waals surface area contributed by atoms with E-state index in [1.54, 1.807) is 0 Å². The van der Waals surface area contributed by atoms with Crippen LogP contribution in [0.25, 0.3) is 0 Å². The summed E-state index contributed by atoms with van der Waals surface area (Å²) < 4.78 is 2.01. The standard InChI is InChI=1S/C21H27N2.C12H15.2ClH.Ru/c1-14-9-16(3)20(17(4)10-14)22-7-8-23(13-22)21-18(5)11-15(2)12-19(21)6;1-9(2)7-12-6-5-10(3)8-11(12)4;;;/h9-13H,7-8H2,1-6H3;4-9H,1-3H3;2*1H;/q2*-1;;;+2/p-2. The van der Waals surface area contributed by atoms with Gasteiger partial charge < -0.3 is 9.80 Å². The number of benzene rings is 3. The second-order valence-corrected chi connectivity index (χ2v) is 16.6. The van der Waals surface area contributed by atoms with E-state index in [9.17, 15) is 0 Å². The molecule has 1 fully saturated rings. The molecule has 0 bridgehead atoms. The van der Waals surface area contributed by atoms with E-state index < -0.39 is 13.5 Å². The van der Waals surface area contributed by atoms with Gasteiger partial charge in [-0.3, -0.25) is 0 Å². The van der Waals surface area contributed by atoms with Crippen molar-refractivity contribution in [3.63, 3.8) is 0 Å². The summed E-state index contributed by atoms with van der Waals surface area (Å²) in [5, 5.41) is 0. The van der Waals surface area contributed by atoms with E-state index in [0.29, 0.717) is 5.92 Å². The van der Waals surface area contributed by atoms with Crippen LogP contribution in [-0.4, -0.2) is 17.7 Å². The molecule has 3 aromatic rings. The molecular formula is C33H42Cl2N2Ru-2. The van der Waals surface area contributed by atoms with Crippen LogP contribution < -0.4 is 9.80 Å². The van der Waals surface area contributed by atoms with E-state index in [2.05, 4.69) is 128 Å². The maximum atomic E-state index is 5.91. The van der Waals surface area contributed by atoms with E-state index in [1.165, 1.54) is 61.4 Å². The van der Waals surface area contributed by atoms with Gasteiger partial charge in [0, 0.05) is 24.5 Å². The number of anilines is 2. The Hall–Kier alpha value is -1.80.